The molecule has 1 fully saturated rings. The second-order valence-electron chi connectivity index (χ2n) is 8.62. The topological polar surface area (TPSA) is 245 Å². The third-order valence-corrected chi connectivity index (χ3v) is 8.81. The van der Waals surface area contributed by atoms with E-state index in [1.54, 1.807) is 18.2 Å². The minimum absolute atomic E-state index is 0.135. The summed E-state index contributed by atoms with van der Waals surface area (Å²) < 4.78 is 55.6. The van der Waals surface area contributed by atoms with Gasteiger partial charge >= 0.3 is 0 Å². The number of sulfonamides is 2. The van der Waals surface area contributed by atoms with Crippen LogP contribution in [0.25, 0.3) is 33.5 Å². The summed E-state index contributed by atoms with van der Waals surface area (Å²) in [5.41, 5.74) is 13.1. The van der Waals surface area contributed by atoms with Gasteiger partial charge in [0.15, 0.2) is 5.95 Å². The summed E-state index contributed by atoms with van der Waals surface area (Å²) in [5, 5.41) is 19.3. The zero-order chi connectivity index (χ0) is 26.4. The first-order valence-corrected chi connectivity index (χ1v) is 14.2. The average molecular weight is 548 g/mol. The second kappa shape index (κ2) is 9.43. The van der Waals surface area contributed by atoms with Crippen molar-refractivity contribution in [2.75, 3.05) is 31.9 Å². The summed E-state index contributed by atoms with van der Waals surface area (Å²) in [5.74, 6) is -0.00885. The van der Waals surface area contributed by atoms with Crippen LogP contribution in [-0.2, 0) is 20.0 Å². The highest BCUT2D eigenvalue weighted by molar-refractivity contribution is 7.92. The fourth-order valence-corrected chi connectivity index (χ4v) is 7.50. The number of nitrogens with zero attached hydrogens (tertiary/aromatic N) is 5. The van der Waals surface area contributed by atoms with Crippen LogP contribution >= 0.6 is 0 Å². The van der Waals surface area contributed by atoms with Gasteiger partial charge in [-0.3, -0.25) is 0 Å². The van der Waals surface area contributed by atoms with Gasteiger partial charge in [-0.2, -0.15) is 5.21 Å². The maximum absolute atomic E-state index is 13.5. The molecular weight excluding hydrogens is 522 g/mol. The monoisotopic (exact) mass is 547 g/mol. The van der Waals surface area contributed by atoms with Gasteiger partial charge < -0.3 is 21.4 Å². The molecule has 17 heteroatoms. The minimum atomic E-state index is -4.63. The lowest BCUT2D eigenvalue weighted by Crippen LogP contribution is -2.38. The number of imidazole rings is 1. The number of aromatic nitrogens is 6. The van der Waals surface area contributed by atoms with Crippen molar-refractivity contribution in [3.8, 4) is 22.5 Å². The third kappa shape index (κ3) is 4.79. The summed E-state index contributed by atoms with van der Waals surface area (Å²) in [6, 6.07) is 7.37. The number of nitrogens with one attached hydrogen (secondary N) is 3. The van der Waals surface area contributed by atoms with Gasteiger partial charge in [0.05, 0.1) is 16.6 Å². The molecule has 1 saturated heterocycles. The molecule has 1 atom stereocenters. The highest BCUT2D eigenvalue weighted by Crippen LogP contribution is 2.40. The number of benzene rings is 2. The van der Waals surface area contributed by atoms with Gasteiger partial charge in [-0.05, 0) is 35.9 Å². The van der Waals surface area contributed by atoms with Crippen LogP contribution in [-0.4, -0.2) is 84.5 Å². The molecule has 4 aromatic rings. The van der Waals surface area contributed by atoms with E-state index < -0.39 is 35.9 Å². The molecule has 2 aromatic heterocycles. The van der Waals surface area contributed by atoms with Crippen LogP contribution in [0.4, 0.5) is 5.95 Å². The molecule has 9 N–H and O–H groups in total. The standard InChI is InChI=1S/C20H25N11O4S2/c21-7-9-31-8-6-11(10-31)28-37(34,35)15-5-4-12(13-2-1-3-14-17(13)25-20(22)24-14)16(18(15)36(23,32)33)19-26-29-30-27-19/h1-5,11,28H,6-10,21H2,(H3,22,24,25)(H2,23,32,33)(H,26,27,29,30). The molecule has 1 aliphatic rings. The Balaban J connectivity index is 1.72. The van der Waals surface area contributed by atoms with Gasteiger partial charge in [-0.1, -0.05) is 18.2 Å². The maximum atomic E-state index is 13.5. The number of H-pyrrole nitrogens is 2. The summed E-state index contributed by atoms with van der Waals surface area (Å²) in [7, 11) is -8.97. The lowest BCUT2D eigenvalue weighted by molar-refractivity contribution is 0.341. The van der Waals surface area contributed by atoms with Crippen LogP contribution in [0.5, 0.6) is 0 Å². The Hall–Kier alpha value is -3.48. The molecule has 1 unspecified atom stereocenters. The highest BCUT2D eigenvalue weighted by atomic mass is 32.2. The minimum Gasteiger partial charge on any atom is -0.369 e. The Labute approximate surface area is 211 Å². The number of para-hydroxylation sites is 1. The Morgan fingerprint density at radius 1 is 1.14 bits per heavy atom. The lowest BCUT2D eigenvalue weighted by atomic mass is 9.98. The number of likely N-dealkylation sites (tertiary alicyclic amines) is 1. The zero-order valence-electron chi connectivity index (χ0n) is 19.4. The van der Waals surface area contributed by atoms with Gasteiger partial charge in [0.1, 0.15) is 9.79 Å². The highest BCUT2D eigenvalue weighted by Gasteiger charge is 2.35. The number of fused-ring (bicyclic) bond motifs is 1. The molecular formula is C20H25N11O4S2. The van der Waals surface area contributed by atoms with Crippen LogP contribution in [0.1, 0.15) is 6.42 Å². The summed E-state index contributed by atoms with van der Waals surface area (Å²) in [4.78, 5) is 8.06. The van der Waals surface area contributed by atoms with E-state index in [9.17, 15) is 16.8 Å². The van der Waals surface area contributed by atoms with Crippen molar-refractivity contribution in [2.45, 2.75) is 22.3 Å². The normalized spacial score (nSPS) is 17.1. The Kier molecular flexibility index (Phi) is 6.42. The SMILES string of the molecule is NCCN1CCC(NS(=O)(=O)c2ccc(-c3cccc4[nH]c(N)nc34)c(-c3nn[nH]n3)c2S(N)(=O)=O)C1. The van der Waals surface area contributed by atoms with Crippen molar-refractivity contribution in [3.05, 3.63) is 30.3 Å². The van der Waals surface area contributed by atoms with E-state index in [1.807, 2.05) is 4.90 Å². The predicted molar refractivity (Wildman–Crippen MR) is 135 cm³/mol. The number of hydrogen-bond donors (Lipinski definition) is 6. The molecule has 0 aliphatic carbocycles. The van der Waals surface area contributed by atoms with E-state index in [0.29, 0.717) is 49.2 Å². The number of nitrogen functional groups attached to an aromatic ring is 1. The summed E-state index contributed by atoms with van der Waals surface area (Å²) in [6.07, 6.45) is 0.544. The van der Waals surface area contributed by atoms with E-state index >= 15 is 0 Å². The molecule has 37 heavy (non-hydrogen) atoms. The molecule has 0 bridgehead atoms. The van der Waals surface area contributed by atoms with E-state index in [2.05, 4.69) is 35.3 Å². The first kappa shape index (κ1) is 25.2. The number of tetrazole rings is 1. The lowest BCUT2D eigenvalue weighted by Gasteiger charge is -2.19. The van der Waals surface area contributed by atoms with E-state index in [0.717, 1.165) is 0 Å². The molecule has 15 nitrogen and oxygen atoms in total. The fourth-order valence-electron chi connectivity index (χ4n) is 4.64. The second-order valence-corrected chi connectivity index (χ2v) is 11.8. The fraction of sp³-hybridized carbons (Fsp3) is 0.300. The number of aromatic amines is 2. The van der Waals surface area contributed by atoms with Crippen molar-refractivity contribution in [2.24, 2.45) is 10.9 Å². The van der Waals surface area contributed by atoms with Gasteiger partial charge in [-0.15, -0.1) is 10.2 Å². The van der Waals surface area contributed by atoms with Crippen LogP contribution in [0.2, 0.25) is 0 Å². The number of nitrogens with two attached hydrogens (primary N) is 3. The van der Waals surface area contributed by atoms with Gasteiger partial charge in [0, 0.05) is 31.2 Å². The van der Waals surface area contributed by atoms with Crippen molar-refractivity contribution in [3.63, 3.8) is 0 Å². The smallest absolute Gasteiger partial charge is 0.242 e. The zero-order valence-corrected chi connectivity index (χ0v) is 21.1. The molecule has 0 radical (unpaired) electrons. The van der Waals surface area contributed by atoms with Crippen LogP contribution in [0, 0.1) is 0 Å². The Morgan fingerprint density at radius 2 is 1.95 bits per heavy atom. The van der Waals surface area contributed by atoms with Gasteiger partial charge in [0.2, 0.25) is 25.9 Å². The van der Waals surface area contributed by atoms with Crippen LogP contribution in [0.15, 0.2) is 40.1 Å². The van der Waals surface area contributed by atoms with E-state index in [1.165, 1.54) is 12.1 Å². The third-order valence-electron chi connectivity index (χ3n) is 6.13. The Bertz CT molecular complexity index is 1670. The summed E-state index contributed by atoms with van der Waals surface area (Å²) >= 11 is 0. The molecule has 2 aromatic carbocycles. The summed E-state index contributed by atoms with van der Waals surface area (Å²) in [6.45, 7) is 2.18. The Morgan fingerprint density at radius 3 is 2.65 bits per heavy atom. The molecule has 0 amide bonds. The molecule has 1 aliphatic heterocycles. The average Bonchev–Trinajstić information content (AvgIpc) is 3.58. The largest absolute Gasteiger partial charge is 0.369 e. The van der Waals surface area contributed by atoms with Gasteiger partial charge in [0.25, 0.3) is 0 Å². The molecule has 3 heterocycles. The first-order chi connectivity index (χ1) is 17.6. The van der Waals surface area contributed by atoms with Crippen LogP contribution < -0.4 is 21.3 Å². The number of hydrogen-bond acceptors (Lipinski definition) is 11. The maximum Gasteiger partial charge on any atom is 0.242 e. The molecule has 0 saturated carbocycles. The van der Waals surface area contributed by atoms with Crippen molar-refractivity contribution < 1.29 is 16.8 Å². The molecule has 196 valence electrons. The van der Waals surface area contributed by atoms with Gasteiger partial charge in [-0.25, -0.2) is 31.7 Å². The van der Waals surface area contributed by atoms with E-state index in [4.69, 9.17) is 16.6 Å². The van der Waals surface area contributed by atoms with Crippen LogP contribution in [0.3, 0.4) is 0 Å². The number of primary sulfonamides is 1. The van der Waals surface area contributed by atoms with Crippen molar-refractivity contribution in [1.82, 2.24) is 40.2 Å². The van der Waals surface area contributed by atoms with Crippen molar-refractivity contribution >= 4 is 37.0 Å². The quantitative estimate of drug-likeness (QED) is 0.155. The van der Waals surface area contributed by atoms with Crippen molar-refractivity contribution in [1.29, 1.82) is 0 Å². The molecule has 5 rings (SSSR count). The predicted octanol–water partition coefficient (Wildman–Crippen LogP) is -1.05. The molecule has 0 spiro atoms. The van der Waals surface area contributed by atoms with E-state index in [-0.39, 0.29) is 22.9 Å². The first-order valence-electron chi connectivity index (χ1n) is 11.2. The number of rotatable bonds is 8. The number of anilines is 1.